The minimum atomic E-state index is 0.363. The van der Waals surface area contributed by atoms with Crippen LogP contribution in [0.1, 0.15) is 37.8 Å². The van der Waals surface area contributed by atoms with Gasteiger partial charge in [-0.3, -0.25) is 0 Å². The van der Waals surface area contributed by atoms with Gasteiger partial charge in [-0.15, -0.1) is 11.7 Å². The number of fused-ring (bicyclic) bond motifs is 1. The van der Waals surface area contributed by atoms with Crippen molar-refractivity contribution >= 4 is 22.5 Å². The van der Waals surface area contributed by atoms with Crippen LogP contribution in [-0.4, -0.2) is 4.75 Å². The molecule has 1 aromatic rings. The van der Waals surface area contributed by atoms with Crippen molar-refractivity contribution in [1.29, 1.82) is 0 Å². The monoisotopic (exact) mass is 252 g/mol. The Morgan fingerprint density at radius 3 is 2.00 bits per heavy atom. The zero-order chi connectivity index (χ0) is 11.6. The molecule has 0 radical (unpaired) electrons. The molecule has 0 nitrogen and oxygen atoms in total. The van der Waals surface area contributed by atoms with E-state index in [1.165, 1.54) is 25.7 Å². The predicted molar refractivity (Wildman–Crippen MR) is 77.2 cm³/mol. The number of rotatable bonds is 2. The lowest BCUT2D eigenvalue weighted by atomic mass is 9.87. The molecule has 0 aliphatic heterocycles. The Bertz CT molecular complexity index is 331. The van der Waals surface area contributed by atoms with Crippen molar-refractivity contribution in [1.82, 2.24) is 0 Å². The van der Waals surface area contributed by atoms with Crippen LogP contribution in [0.2, 0.25) is 0 Å². The van der Waals surface area contributed by atoms with Crippen LogP contribution in [0.3, 0.4) is 0 Å². The molecule has 0 N–H and O–H groups in total. The average molecular weight is 252 g/mol. The summed E-state index contributed by atoms with van der Waals surface area (Å²) in [7, 11) is 1.78. The highest BCUT2D eigenvalue weighted by Gasteiger charge is 2.34. The fourth-order valence-corrected chi connectivity index (χ4v) is 4.41. The molecule has 2 rings (SSSR count). The van der Waals surface area contributed by atoms with Gasteiger partial charge in [0.1, 0.15) is 0 Å². The molecule has 16 heavy (non-hydrogen) atoms. The van der Waals surface area contributed by atoms with Crippen molar-refractivity contribution in [3.63, 3.8) is 0 Å². The molecule has 0 amide bonds. The maximum absolute atomic E-state index is 4.53. The minimum absolute atomic E-state index is 0.363. The van der Waals surface area contributed by atoms with E-state index >= 15 is 0 Å². The Kier molecular flexibility index (Phi) is 3.91. The van der Waals surface area contributed by atoms with Crippen molar-refractivity contribution in [2.24, 2.45) is 5.92 Å². The van der Waals surface area contributed by atoms with Crippen LogP contribution in [0.5, 0.6) is 0 Å². The van der Waals surface area contributed by atoms with Gasteiger partial charge in [-0.2, -0.15) is 0 Å². The second-order valence-electron chi connectivity index (χ2n) is 5.08. The number of hydrogen-bond acceptors (Lipinski definition) is 2. The van der Waals surface area contributed by atoms with Crippen LogP contribution in [0.4, 0.5) is 0 Å². The molecular weight excluding hydrogens is 232 g/mol. The molecule has 1 aromatic carbocycles. The Labute approximate surface area is 108 Å². The van der Waals surface area contributed by atoms with E-state index in [4.69, 9.17) is 0 Å². The molecule has 0 saturated heterocycles. The van der Waals surface area contributed by atoms with Crippen LogP contribution < -0.4 is 0 Å². The molecule has 0 fully saturated rings. The van der Waals surface area contributed by atoms with E-state index in [9.17, 15) is 0 Å². The van der Waals surface area contributed by atoms with E-state index in [1.54, 1.807) is 21.9 Å². The Hall–Kier alpha value is -0.0800. The highest BCUT2D eigenvalue weighted by molar-refractivity contribution is 8.69. The number of aryl methyl sites for hydroxylation is 2. The van der Waals surface area contributed by atoms with Gasteiger partial charge < -0.3 is 0 Å². The van der Waals surface area contributed by atoms with Crippen LogP contribution in [0.25, 0.3) is 0 Å². The van der Waals surface area contributed by atoms with Gasteiger partial charge in [-0.05, 0) is 42.7 Å². The predicted octanol–water partition coefficient (Wildman–Crippen LogP) is 4.54. The van der Waals surface area contributed by atoms with Gasteiger partial charge in [-0.1, -0.05) is 48.9 Å². The van der Waals surface area contributed by atoms with Crippen LogP contribution in [-0.2, 0) is 12.8 Å². The lowest BCUT2D eigenvalue weighted by Crippen LogP contribution is -2.30. The minimum Gasteiger partial charge on any atom is -0.111 e. The summed E-state index contributed by atoms with van der Waals surface area (Å²) >= 11 is 4.53. The fraction of sp³-hybridized carbons (Fsp3) is 0.571. The number of benzene rings is 1. The van der Waals surface area contributed by atoms with Gasteiger partial charge in [0.15, 0.2) is 0 Å². The Balaban J connectivity index is 2.24. The van der Waals surface area contributed by atoms with Gasteiger partial charge in [0.25, 0.3) is 0 Å². The molecule has 0 bridgehead atoms. The first-order chi connectivity index (χ1) is 7.68. The van der Waals surface area contributed by atoms with Crippen molar-refractivity contribution in [3.8, 4) is 0 Å². The highest BCUT2D eigenvalue weighted by Crippen LogP contribution is 2.45. The normalized spacial score (nSPS) is 19.2. The molecule has 1 aliphatic carbocycles. The SMILES string of the molecule is CC(C)C1(SS)CCc2ccccc2CC1. The van der Waals surface area contributed by atoms with E-state index in [0.29, 0.717) is 10.7 Å². The summed E-state index contributed by atoms with van der Waals surface area (Å²) < 4.78 is 0.363. The van der Waals surface area contributed by atoms with Crippen molar-refractivity contribution in [3.05, 3.63) is 35.4 Å². The zero-order valence-electron chi connectivity index (χ0n) is 10.1. The van der Waals surface area contributed by atoms with E-state index in [1.807, 2.05) is 0 Å². The average Bonchev–Trinajstić information content (AvgIpc) is 2.49. The lowest BCUT2D eigenvalue weighted by molar-refractivity contribution is 0.394. The van der Waals surface area contributed by atoms with Gasteiger partial charge in [-0.25, -0.2) is 0 Å². The molecule has 0 unspecified atom stereocenters. The van der Waals surface area contributed by atoms with Crippen LogP contribution in [0, 0.1) is 5.92 Å². The quantitative estimate of drug-likeness (QED) is 0.458. The van der Waals surface area contributed by atoms with E-state index in [2.05, 4.69) is 49.8 Å². The number of thiol groups is 1. The first-order valence-electron chi connectivity index (χ1n) is 6.07. The summed E-state index contributed by atoms with van der Waals surface area (Å²) in [4.78, 5) is 0. The van der Waals surface area contributed by atoms with E-state index in [-0.39, 0.29) is 0 Å². The van der Waals surface area contributed by atoms with Crippen molar-refractivity contribution in [2.45, 2.75) is 44.3 Å². The summed E-state index contributed by atoms with van der Waals surface area (Å²) in [5.74, 6) is 0.698. The molecule has 0 atom stereocenters. The largest absolute Gasteiger partial charge is 0.111 e. The maximum atomic E-state index is 4.53. The summed E-state index contributed by atoms with van der Waals surface area (Å²) in [5.41, 5.74) is 3.10. The molecule has 2 heteroatoms. The van der Waals surface area contributed by atoms with Gasteiger partial charge in [0, 0.05) is 4.75 Å². The first kappa shape index (κ1) is 12.4. The van der Waals surface area contributed by atoms with E-state index in [0.717, 1.165) is 0 Å². The maximum Gasteiger partial charge on any atom is 0.0290 e. The van der Waals surface area contributed by atoms with Crippen LogP contribution >= 0.6 is 22.5 Å². The van der Waals surface area contributed by atoms with Gasteiger partial charge in [0.05, 0.1) is 0 Å². The van der Waals surface area contributed by atoms with Crippen LogP contribution in [0.15, 0.2) is 24.3 Å². The standard InChI is InChI=1S/C14H20S2/c1-11(2)14(16-15)9-7-12-5-3-4-6-13(12)8-10-14/h3-6,11,15H,7-10H2,1-2H3. The topological polar surface area (TPSA) is 0 Å². The fourth-order valence-electron chi connectivity index (χ4n) is 2.64. The second kappa shape index (κ2) is 5.05. The second-order valence-corrected chi connectivity index (χ2v) is 6.62. The lowest BCUT2D eigenvalue weighted by Gasteiger charge is -2.34. The molecule has 0 saturated carbocycles. The Morgan fingerprint density at radius 1 is 1.12 bits per heavy atom. The Morgan fingerprint density at radius 2 is 1.62 bits per heavy atom. The third-order valence-electron chi connectivity index (χ3n) is 3.99. The summed E-state index contributed by atoms with van der Waals surface area (Å²) in [6.07, 6.45) is 4.94. The summed E-state index contributed by atoms with van der Waals surface area (Å²) in [6, 6.07) is 8.90. The molecule has 0 aromatic heterocycles. The third-order valence-corrected chi connectivity index (χ3v) is 6.32. The zero-order valence-corrected chi connectivity index (χ0v) is 11.8. The van der Waals surface area contributed by atoms with E-state index < -0.39 is 0 Å². The number of hydrogen-bond donors (Lipinski definition) is 1. The van der Waals surface area contributed by atoms with Gasteiger partial charge in [0.2, 0.25) is 0 Å². The smallest absolute Gasteiger partial charge is 0.0290 e. The van der Waals surface area contributed by atoms with Crippen molar-refractivity contribution in [2.75, 3.05) is 0 Å². The highest BCUT2D eigenvalue weighted by atomic mass is 33.1. The molecule has 1 aliphatic rings. The van der Waals surface area contributed by atoms with Crippen molar-refractivity contribution < 1.29 is 0 Å². The molecule has 0 heterocycles. The molecule has 88 valence electrons. The summed E-state index contributed by atoms with van der Waals surface area (Å²) in [5, 5.41) is 0. The molecule has 0 spiro atoms. The molecular formula is C14H20S2. The third kappa shape index (κ3) is 2.28. The van der Waals surface area contributed by atoms with Gasteiger partial charge >= 0.3 is 0 Å². The summed E-state index contributed by atoms with van der Waals surface area (Å²) in [6.45, 7) is 4.67. The first-order valence-corrected chi connectivity index (χ1v) is 7.94.